The van der Waals surface area contributed by atoms with Crippen LogP contribution in [-0.2, 0) is 0 Å². The number of rotatable bonds is 4. The van der Waals surface area contributed by atoms with E-state index in [9.17, 15) is 0 Å². The molecule has 1 rings (SSSR count). The Morgan fingerprint density at radius 2 is 2.20 bits per heavy atom. The molecule has 0 aliphatic carbocycles. The van der Waals surface area contributed by atoms with Crippen molar-refractivity contribution >= 4 is 28.4 Å². The molecule has 1 aromatic heterocycles. The zero-order valence-corrected chi connectivity index (χ0v) is 11.5. The Labute approximate surface area is 104 Å². The molecule has 15 heavy (non-hydrogen) atoms. The highest BCUT2D eigenvalue weighted by atomic mass is 127. The number of anilines is 1. The lowest BCUT2D eigenvalue weighted by Crippen LogP contribution is -2.37. The van der Waals surface area contributed by atoms with Crippen molar-refractivity contribution in [3.8, 4) is 0 Å². The monoisotopic (exact) mass is 320 g/mol. The first-order valence-corrected chi connectivity index (χ1v) is 5.91. The number of halogens is 1. The third kappa shape index (κ3) is 3.57. The molecule has 5 heteroatoms. The molecule has 2 N–H and O–H groups in total. The van der Waals surface area contributed by atoms with Gasteiger partial charge in [-0.3, -0.25) is 0 Å². The van der Waals surface area contributed by atoms with Crippen LogP contribution in [0.3, 0.4) is 0 Å². The van der Waals surface area contributed by atoms with E-state index in [1.807, 2.05) is 13.2 Å². The standard InChI is InChI=1S/C10H17IN4/c1-10(2,5-12)6-15(3)9-8(11)4-13-7-14-9/h4,7H,5-6,12H2,1-3H3. The fourth-order valence-electron chi connectivity index (χ4n) is 1.37. The largest absolute Gasteiger partial charge is 0.358 e. The minimum Gasteiger partial charge on any atom is -0.358 e. The van der Waals surface area contributed by atoms with Crippen LogP contribution in [0.15, 0.2) is 12.5 Å². The third-order valence-corrected chi connectivity index (χ3v) is 2.99. The van der Waals surface area contributed by atoms with E-state index in [-0.39, 0.29) is 5.41 Å². The predicted molar refractivity (Wildman–Crippen MR) is 70.9 cm³/mol. The summed E-state index contributed by atoms with van der Waals surface area (Å²) in [6.07, 6.45) is 3.39. The van der Waals surface area contributed by atoms with Crippen LogP contribution >= 0.6 is 22.6 Å². The van der Waals surface area contributed by atoms with Crippen molar-refractivity contribution in [1.29, 1.82) is 0 Å². The van der Waals surface area contributed by atoms with Gasteiger partial charge >= 0.3 is 0 Å². The Balaban J connectivity index is 2.78. The molecule has 0 spiro atoms. The smallest absolute Gasteiger partial charge is 0.145 e. The topological polar surface area (TPSA) is 55.0 Å². The van der Waals surface area contributed by atoms with E-state index in [0.717, 1.165) is 15.9 Å². The highest BCUT2D eigenvalue weighted by Gasteiger charge is 2.19. The Morgan fingerprint density at radius 1 is 1.53 bits per heavy atom. The second-order valence-electron chi connectivity index (χ2n) is 4.42. The quantitative estimate of drug-likeness (QED) is 0.855. The highest BCUT2D eigenvalue weighted by Crippen LogP contribution is 2.21. The molecule has 0 aliphatic rings. The number of aromatic nitrogens is 2. The minimum absolute atomic E-state index is 0.1000. The van der Waals surface area contributed by atoms with Crippen LogP contribution in [0.2, 0.25) is 0 Å². The summed E-state index contributed by atoms with van der Waals surface area (Å²) >= 11 is 2.24. The molecule has 0 aromatic carbocycles. The summed E-state index contributed by atoms with van der Waals surface area (Å²) in [6.45, 7) is 5.85. The second-order valence-corrected chi connectivity index (χ2v) is 5.58. The summed E-state index contributed by atoms with van der Waals surface area (Å²) in [5, 5.41) is 0. The van der Waals surface area contributed by atoms with Crippen molar-refractivity contribution < 1.29 is 0 Å². The van der Waals surface area contributed by atoms with Crippen LogP contribution in [0.4, 0.5) is 5.82 Å². The minimum atomic E-state index is 0.1000. The van der Waals surface area contributed by atoms with Gasteiger partial charge in [0.25, 0.3) is 0 Å². The Bertz CT molecular complexity index is 327. The lowest BCUT2D eigenvalue weighted by molar-refractivity contribution is 0.384. The van der Waals surface area contributed by atoms with E-state index in [2.05, 4.69) is 51.3 Å². The molecule has 0 fully saturated rings. The van der Waals surface area contributed by atoms with Crippen molar-refractivity contribution in [2.24, 2.45) is 11.1 Å². The number of hydrogen-bond donors (Lipinski definition) is 1. The van der Waals surface area contributed by atoms with E-state index in [0.29, 0.717) is 6.54 Å². The fourth-order valence-corrected chi connectivity index (χ4v) is 2.08. The van der Waals surface area contributed by atoms with E-state index >= 15 is 0 Å². The van der Waals surface area contributed by atoms with Gasteiger partial charge in [-0.2, -0.15) is 0 Å². The van der Waals surface area contributed by atoms with Crippen molar-refractivity contribution in [3.05, 3.63) is 16.1 Å². The maximum absolute atomic E-state index is 5.71. The first-order valence-electron chi connectivity index (χ1n) is 4.83. The number of nitrogens with two attached hydrogens (primary N) is 1. The van der Waals surface area contributed by atoms with Gasteiger partial charge in [0.15, 0.2) is 0 Å². The van der Waals surface area contributed by atoms with Crippen molar-refractivity contribution in [2.45, 2.75) is 13.8 Å². The fraction of sp³-hybridized carbons (Fsp3) is 0.600. The Kier molecular flexibility index (Phi) is 4.27. The molecule has 0 unspecified atom stereocenters. The van der Waals surface area contributed by atoms with Crippen LogP contribution < -0.4 is 10.6 Å². The predicted octanol–water partition coefficient (Wildman–Crippen LogP) is 1.50. The van der Waals surface area contributed by atoms with E-state index in [4.69, 9.17) is 5.73 Å². The van der Waals surface area contributed by atoms with Gasteiger partial charge in [-0.25, -0.2) is 9.97 Å². The average Bonchev–Trinajstić information content (AvgIpc) is 2.17. The summed E-state index contributed by atoms with van der Waals surface area (Å²) in [7, 11) is 2.03. The molecular weight excluding hydrogens is 303 g/mol. The number of nitrogens with zero attached hydrogens (tertiary/aromatic N) is 3. The van der Waals surface area contributed by atoms with Crippen LogP contribution in [0.5, 0.6) is 0 Å². The average molecular weight is 320 g/mol. The van der Waals surface area contributed by atoms with Crippen molar-refractivity contribution in [1.82, 2.24) is 9.97 Å². The van der Waals surface area contributed by atoms with Crippen LogP contribution in [0, 0.1) is 8.99 Å². The van der Waals surface area contributed by atoms with Crippen LogP contribution in [0.25, 0.3) is 0 Å². The first kappa shape index (κ1) is 12.6. The van der Waals surface area contributed by atoms with Gasteiger partial charge in [0.1, 0.15) is 12.1 Å². The summed E-state index contributed by atoms with van der Waals surface area (Å²) in [6, 6.07) is 0. The summed E-state index contributed by atoms with van der Waals surface area (Å²) in [5.74, 6) is 0.965. The third-order valence-electron chi connectivity index (χ3n) is 2.23. The number of hydrogen-bond acceptors (Lipinski definition) is 4. The van der Waals surface area contributed by atoms with E-state index in [1.165, 1.54) is 0 Å². The van der Waals surface area contributed by atoms with Gasteiger partial charge in [-0.05, 0) is 34.6 Å². The van der Waals surface area contributed by atoms with Gasteiger partial charge in [0.05, 0.1) is 3.57 Å². The Hall–Kier alpha value is -0.430. The maximum atomic E-state index is 5.71. The van der Waals surface area contributed by atoms with Crippen molar-refractivity contribution in [3.63, 3.8) is 0 Å². The summed E-state index contributed by atoms with van der Waals surface area (Å²) in [5.41, 5.74) is 5.81. The molecule has 1 heterocycles. The van der Waals surface area contributed by atoms with Gasteiger partial charge in [0, 0.05) is 19.8 Å². The normalized spacial score (nSPS) is 11.5. The van der Waals surface area contributed by atoms with Crippen LogP contribution in [0.1, 0.15) is 13.8 Å². The lowest BCUT2D eigenvalue weighted by Gasteiger charge is -2.30. The molecule has 0 atom stereocenters. The lowest BCUT2D eigenvalue weighted by atomic mass is 9.93. The molecule has 0 saturated carbocycles. The summed E-state index contributed by atoms with van der Waals surface area (Å²) in [4.78, 5) is 10.4. The zero-order valence-electron chi connectivity index (χ0n) is 9.37. The van der Waals surface area contributed by atoms with Crippen molar-refractivity contribution in [2.75, 3.05) is 25.0 Å². The molecule has 4 nitrogen and oxygen atoms in total. The van der Waals surface area contributed by atoms with Gasteiger partial charge in [-0.1, -0.05) is 13.8 Å². The SMILES string of the molecule is CN(CC(C)(C)CN)c1ncncc1I. The Morgan fingerprint density at radius 3 is 2.73 bits per heavy atom. The molecule has 0 bridgehead atoms. The highest BCUT2D eigenvalue weighted by molar-refractivity contribution is 14.1. The summed E-state index contributed by atoms with van der Waals surface area (Å²) < 4.78 is 1.06. The molecule has 84 valence electrons. The molecule has 1 aromatic rings. The van der Waals surface area contributed by atoms with E-state index in [1.54, 1.807) is 6.33 Å². The molecule has 0 amide bonds. The van der Waals surface area contributed by atoms with Crippen LogP contribution in [-0.4, -0.2) is 30.1 Å². The molecular formula is C10H17IN4. The van der Waals surface area contributed by atoms with E-state index < -0.39 is 0 Å². The van der Waals surface area contributed by atoms with Gasteiger partial charge in [0.2, 0.25) is 0 Å². The molecule has 0 radical (unpaired) electrons. The maximum Gasteiger partial charge on any atom is 0.145 e. The van der Waals surface area contributed by atoms with Gasteiger partial charge in [-0.15, -0.1) is 0 Å². The molecule has 0 saturated heterocycles. The molecule has 0 aliphatic heterocycles. The second kappa shape index (κ2) is 5.07. The zero-order chi connectivity index (χ0) is 11.5. The first-order chi connectivity index (χ1) is 6.96. The van der Waals surface area contributed by atoms with Gasteiger partial charge < -0.3 is 10.6 Å².